The van der Waals surface area contributed by atoms with Crippen LogP contribution in [0.1, 0.15) is 24.5 Å². The molecule has 8 nitrogen and oxygen atoms in total. The van der Waals surface area contributed by atoms with Crippen molar-refractivity contribution >= 4 is 11.8 Å². The van der Waals surface area contributed by atoms with Gasteiger partial charge in [-0.3, -0.25) is 0 Å². The second-order valence-electron chi connectivity index (χ2n) is 5.54. The van der Waals surface area contributed by atoms with Gasteiger partial charge in [0.15, 0.2) is 11.5 Å². The van der Waals surface area contributed by atoms with Crippen molar-refractivity contribution < 1.29 is 18.9 Å². The molecule has 0 aliphatic heterocycles. The number of hydrogen-bond donors (Lipinski definition) is 2. The second kappa shape index (κ2) is 9.67. The van der Waals surface area contributed by atoms with Gasteiger partial charge in [0.25, 0.3) is 0 Å². The number of nitrogens with one attached hydrogen (secondary N) is 1. The maximum Gasteiger partial charge on any atom is 0.226 e. The van der Waals surface area contributed by atoms with E-state index in [1.165, 1.54) is 0 Å². The van der Waals surface area contributed by atoms with E-state index in [9.17, 15) is 0 Å². The van der Waals surface area contributed by atoms with Crippen LogP contribution in [-0.4, -0.2) is 44.6 Å². The molecule has 142 valence electrons. The van der Waals surface area contributed by atoms with E-state index in [2.05, 4.69) is 15.3 Å². The molecule has 1 aromatic carbocycles. The largest absolute Gasteiger partial charge is 0.493 e. The first-order valence-corrected chi connectivity index (χ1v) is 8.34. The molecule has 0 atom stereocenters. The monoisotopic (exact) mass is 362 g/mol. The molecule has 2 rings (SSSR count). The standard InChI is InChI=1S/C18H26N4O4/c1-5-6-26-11-21-18-20-10-13(17(19)22-18)7-12-8-14(23-2)16(25-4)15(9-12)24-3/h8-10H,5-7,11H2,1-4H3,(H3,19,20,21,22). The number of anilines is 2. The van der Waals surface area contributed by atoms with Crippen molar-refractivity contribution in [2.45, 2.75) is 19.8 Å². The van der Waals surface area contributed by atoms with Gasteiger partial charge >= 0.3 is 0 Å². The van der Waals surface area contributed by atoms with Crippen LogP contribution in [0, 0.1) is 0 Å². The van der Waals surface area contributed by atoms with Gasteiger partial charge in [0.2, 0.25) is 11.7 Å². The van der Waals surface area contributed by atoms with E-state index in [1.54, 1.807) is 27.5 Å². The number of nitrogens with zero attached hydrogens (tertiary/aromatic N) is 2. The summed E-state index contributed by atoms with van der Waals surface area (Å²) in [6, 6.07) is 3.76. The maximum absolute atomic E-state index is 6.08. The Morgan fingerprint density at radius 3 is 2.31 bits per heavy atom. The summed E-state index contributed by atoms with van der Waals surface area (Å²) in [5, 5.41) is 2.98. The molecular formula is C18H26N4O4. The summed E-state index contributed by atoms with van der Waals surface area (Å²) in [6.07, 6.45) is 3.20. The van der Waals surface area contributed by atoms with Crippen molar-refractivity contribution in [3.8, 4) is 17.2 Å². The van der Waals surface area contributed by atoms with E-state index >= 15 is 0 Å². The molecule has 3 N–H and O–H groups in total. The van der Waals surface area contributed by atoms with Crippen molar-refractivity contribution in [1.29, 1.82) is 0 Å². The number of nitrogen functional groups attached to an aromatic ring is 1. The predicted octanol–water partition coefficient (Wildman–Crippen LogP) is 2.47. The molecular weight excluding hydrogens is 336 g/mol. The molecule has 0 saturated heterocycles. The lowest BCUT2D eigenvalue weighted by Crippen LogP contribution is -2.11. The van der Waals surface area contributed by atoms with Gasteiger partial charge in [0.1, 0.15) is 12.5 Å². The molecule has 1 aromatic heterocycles. The van der Waals surface area contributed by atoms with Crippen LogP contribution in [0.5, 0.6) is 17.2 Å². The number of methoxy groups -OCH3 is 3. The Bertz CT molecular complexity index is 699. The van der Waals surface area contributed by atoms with Gasteiger partial charge in [0, 0.05) is 24.8 Å². The Balaban J connectivity index is 2.15. The summed E-state index contributed by atoms with van der Waals surface area (Å²) in [4.78, 5) is 8.56. The maximum atomic E-state index is 6.08. The van der Waals surface area contributed by atoms with E-state index in [1.807, 2.05) is 19.1 Å². The van der Waals surface area contributed by atoms with Crippen LogP contribution in [0.4, 0.5) is 11.8 Å². The summed E-state index contributed by atoms with van der Waals surface area (Å²) in [5.41, 5.74) is 7.83. The summed E-state index contributed by atoms with van der Waals surface area (Å²) in [6.45, 7) is 3.08. The lowest BCUT2D eigenvalue weighted by Gasteiger charge is -2.14. The van der Waals surface area contributed by atoms with Crippen LogP contribution in [-0.2, 0) is 11.2 Å². The highest BCUT2D eigenvalue weighted by molar-refractivity contribution is 5.55. The van der Waals surface area contributed by atoms with Crippen LogP contribution < -0.4 is 25.3 Å². The highest BCUT2D eigenvalue weighted by atomic mass is 16.5. The second-order valence-corrected chi connectivity index (χ2v) is 5.54. The van der Waals surface area contributed by atoms with E-state index < -0.39 is 0 Å². The minimum absolute atomic E-state index is 0.347. The third kappa shape index (κ3) is 4.89. The fraction of sp³-hybridized carbons (Fsp3) is 0.444. The first-order chi connectivity index (χ1) is 12.6. The van der Waals surface area contributed by atoms with Gasteiger partial charge in [-0.05, 0) is 24.1 Å². The first-order valence-electron chi connectivity index (χ1n) is 8.34. The third-order valence-electron chi connectivity index (χ3n) is 3.70. The number of rotatable bonds is 10. The summed E-state index contributed by atoms with van der Waals surface area (Å²) < 4.78 is 21.5. The fourth-order valence-corrected chi connectivity index (χ4v) is 2.43. The summed E-state index contributed by atoms with van der Waals surface area (Å²) >= 11 is 0. The molecule has 0 bridgehead atoms. The van der Waals surface area contributed by atoms with E-state index in [4.69, 9.17) is 24.7 Å². The highest BCUT2D eigenvalue weighted by Crippen LogP contribution is 2.38. The highest BCUT2D eigenvalue weighted by Gasteiger charge is 2.14. The number of aromatic nitrogens is 2. The van der Waals surface area contributed by atoms with E-state index in [-0.39, 0.29) is 0 Å². The van der Waals surface area contributed by atoms with E-state index in [0.29, 0.717) is 48.8 Å². The fourth-order valence-electron chi connectivity index (χ4n) is 2.43. The molecule has 0 radical (unpaired) electrons. The number of benzene rings is 1. The number of nitrogens with two attached hydrogens (primary N) is 1. The van der Waals surface area contributed by atoms with Crippen LogP contribution >= 0.6 is 0 Å². The van der Waals surface area contributed by atoms with Crippen molar-refractivity contribution in [3.05, 3.63) is 29.5 Å². The number of hydrogen-bond acceptors (Lipinski definition) is 8. The van der Waals surface area contributed by atoms with Gasteiger partial charge in [0.05, 0.1) is 21.3 Å². The van der Waals surface area contributed by atoms with Gasteiger partial charge in [-0.2, -0.15) is 4.98 Å². The Hall–Kier alpha value is -2.74. The van der Waals surface area contributed by atoms with Gasteiger partial charge in [-0.15, -0.1) is 0 Å². The molecule has 0 amide bonds. The topological polar surface area (TPSA) is 101 Å². The molecule has 0 unspecified atom stereocenters. The summed E-state index contributed by atoms with van der Waals surface area (Å²) in [7, 11) is 4.74. The van der Waals surface area contributed by atoms with Crippen molar-refractivity contribution in [2.75, 3.05) is 45.7 Å². The molecule has 0 aliphatic carbocycles. The van der Waals surface area contributed by atoms with Gasteiger partial charge in [-0.1, -0.05) is 6.92 Å². The van der Waals surface area contributed by atoms with Gasteiger partial charge < -0.3 is 30.0 Å². The van der Waals surface area contributed by atoms with E-state index in [0.717, 1.165) is 17.5 Å². The van der Waals surface area contributed by atoms with Crippen molar-refractivity contribution in [3.63, 3.8) is 0 Å². The molecule has 0 aliphatic rings. The molecule has 0 spiro atoms. The van der Waals surface area contributed by atoms with Crippen LogP contribution in [0.15, 0.2) is 18.3 Å². The Kier molecular flexibility index (Phi) is 7.28. The number of ether oxygens (including phenoxy) is 4. The van der Waals surface area contributed by atoms with Crippen molar-refractivity contribution in [2.24, 2.45) is 0 Å². The first kappa shape index (κ1) is 19.6. The molecule has 0 saturated carbocycles. The van der Waals surface area contributed by atoms with Crippen LogP contribution in [0.2, 0.25) is 0 Å². The average molecular weight is 362 g/mol. The molecule has 26 heavy (non-hydrogen) atoms. The third-order valence-corrected chi connectivity index (χ3v) is 3.70. The zero-order chi connectivity index (χ0) is 18.9. The molecule has 0 fully saturated rings. The molecule has 8 heteroatoms. The predicted molar refractivity (Wildman–Crippen MR) is 100 cm³/mol. The van der Waals surface area contributed by atoms with Crippen LogP contribution in [0.3, 0.4) is 0 Å². The minimum atomic E-state index is 0.347. The lowest BCUT2D eigenvalue weighted by molar-refractivity contribution is 0.152. The SMILES string of the molecule is CCCOCNc1ncc(Cc2cc(OC)c(OC)c(OC)c2)c(N)n1. The molecule has 1 heterocycles. The molecule has 2 aromatic rings. The van der Waals surface area contributed by atoms with Crippen molar-refractivity contribution in [1.82, 2.24) is 9.97 Å². The van der Waals surface area contributed by atoms with Crippen LogP contribution in [0.25, 0.3) is 0 Å². The lowest BCUT2D eigenvalue weighted by atomic mass is 10.1. The zero-order valence-electron chi connectivity index (χ0n) is 15.7. The average Bonchev–Trinajstić information content (AvgIpc) is 2.66. The Labute approximate surface area is 153 Å². The minimum Gasteiger partial charge on any atom is -0.493 e. The summed E-state index contributed by atoms with van der Waals surface area (Å²) in [5.74, 6) is 2.58. The smallest absolute Gasteiger partial charge is 0.226 e. The zero-order valence-corrected chi connectivity index (χ0v) is 15.7. The normalized spacial score (nSPS) is 10.5. The Morgan fingerprint density at radius 1 is 1.08 bits per heavy atom. The quantitative estimate of drug-likeness (QED) is 0.491. The Morgan fingerprint density at radius 2 is 1.77 bits per heavy atom. The van der Waals surface area contributed by atoms with Gasteiger partial charge in [-0.25, -0.2) is 4.98 Å².